The van der Waals surface area contributed by atoms with E-state index >= 15 is 0 Å². The minimum absolute atomic E-state index is 0.0273. The third kappa shape index (κ3) is 5.30. The summed E-state index contributed by atoms with van der Waals surface area (Å²) < 4.78 is 0. The summed E-state index contributed by atoms with van der Waals surface area (Å²) in [6.45, 7) is 2.80. The first-order valence-electron chi connectivity index (χ1n) is 10.9. The molecule has 166 valence electrons. The smallest absolute Gasteiger partial charge is 0.239 e. The van der Waals surface area contributed by atoms with Gasteiger partial charge in [-0.05, 0) is 47.4 Å². The van der Waals surface area contributed by atoms with Crippen LogP contribution in [0.4, 0.5) is 0 Å². The Bertz CT molecular complexity index is 1020. The number of nitrogens with two attached hydrogens (primary N) is 1. The molecule has 32 heavy (non-hydrogen) atoms. The summed E-state index contributed by atoms with van der Waals surface area (Å²) >= 11 is 6.12. The van der Waals surface area contributed by atoms with Crippen LogP contribution in [0, 0.1) is 0 Å². The molecular weight excluding hydrogens is 422 g/mol. The predicted molar refractivity (Wildman–Crippen MR) is 128 cm³/mol. The van der Waals surface area contributed by atoms with Gasteiger partial charge in [-0.15, -0.1) is 0 Å². The molecule has 3 aromatic carbocycles. The van der Waals surface area contributed by atoms with E-state index in [0.29, 0.717) is 19.5 Å². The molecule has 1 aliphatic heterocycles. The van der Waals surface area contributed by atoms with Crippen molar-refractivity contribution in [3.05, 3.63) is 101 Å². The number of nitrogens with zero attached hydrogens (tertiary/aromatic N) is 2. The number of carbonyl (C=O) groups excluding carboxylic acids is 1. The highest BCUT2D eigenvalue weighted by atomic mass is 35.5. The van der Waals surface area contributed by atoms with Gasteiger partial charge in [0, 0.05) is 31.2 Å². The van der Waals surface area contributed by atoms with Gasteiger partial charge >= 0.3 is 0 Å². The second-order valence-corrected chi connectivity index (χ2v) is 8.64. The number of hydrogen-bond donors (Lipinski definition) is 2. The average Bonchev–Trinajstić information content (AvgIpc) is 2.82. The summed E-state index contributed by atoms with van der Waals surface area (Å²) in [5.74, 6) is 0.180. The molecule has 3 N–H and O–H groups in total. The normalized spacial score (nSPS) is 16.5. The minimum atomic E-state index is -0.590. The Balaban J connectivity index is 1.43. The number of amides is 1. The quantitative estimate of drug-likeness (QED) is 0.599. The van der Waals surface area contributed by atoms with Gasteiger partial charge in [-0.3, -0.25) is 9.69 Å². The van der Waals surface area contributed by atoms with E-state index < -0.39 is 6.04 Å². The van der Waals surface area contributed by atoms with E-state index in [1.54, 1.807) is 24.3 Å². The topological polar surface area (TPSA) is 69.8 Å². The van der Waals surface area contributed by atoms with Gasteiger partial charge in [-0.1, -0.05) is 66.2 Å². The van der Waals surface area contributed by atoms with Crippen LogP contribution in [0.1, 0.15) is 22.7 Å². The second kappa shape index (κ2) is 10.2. The zero-order valence-corrected chi connectivity index (χ0v) is 18.7. The molecule has 5 nitrogen and oxygen atoms in total. The lowest BCUT2D eigenvalue weighted by Gasteiger charge is -2.40. The number of carbonyl (C=O) groups is 1. The highest BCUT2D eigenvalue weighted by Crippen LogP contribution is 2.30. The van der Waals surface area contributed by atoms with E-state index in [9.17, 15) is 9.90 Å². The minimum Gasteiger partial charge on any atom is -0.508 e. The van der Waals surface area contributed by atoms with Gasteiger partial charge in [0.2, 0.25) is 5.91 Å². The Morgan fingerprint density at radius 2 is 1.47 bits per heavy atom. The van der Waals surface area contributed by atoms with Crippen molar-refractivity contribution in [1.82, 2.24) is 9.80 Å². The van der Waals surface area contributed by atoms with Gasteiger partial charge in [0.1, 0.15) is 5.75 Å². The molecule has 3 aromatic rings. The maximum atomic E-state index is 12.9. The third-order valence-corrected chi connectivity index (χ3v) is 6.25. The molecule has 1 heterocycles. The number of hydrogen-bond acceptors (Lipinski definition) is 4. The fourth-order valence-electron chi connectivity index (χ4n) is 4.30. The van der Waals surface area contributed by atoms with E-state index in [-0.39, 0.29) is 17.7 Å². The number of aromatic hydroxyl groups is 1. The Labute approximate surface area is 194 Å². The van der Waals surface area contributed by atoms with Gasteiger partial charge in [0.05, 0.1) is 12.1 Å². The van der Waals surface area contributed by atoms with E-state index in [1.165, 1.54) is 11.1 Å². The summed E-state index contributed by atoms with van der Waals surface area (Å²) in [6, 6.07) is 24.8. The van der Waals surface area contributed by atoms with Gasteiger partial charge in [-0.25, -0.2) is 0 Å². The number of rotatable bonds is 6. The van der Waals surface area contributed by atoms with Crippen molar-refractivity contribution in [3.63, 3.8) is 0 Å². The Morgan fingerprint density at radius 3 is 2.09 bits per heavy atom. The lowest BCUT2D eigenvalue weighted by Crippen LogP contribution is -2.54. The van der Waals surface area contributed by atoms with E-state index in [0.717, 1.165) is 23.7 Å². The Kier molecular flexibility index (Phi) is 7.10. The summed E-state index contributed by atoms with van der Waals surface area (Å²) in [5.41, 5.74) is 9.57. The molecule has 6 heteroatoms. The first-order chi connectivity index (χ1) is 15.5. The number of phenolic OH excluding ortho intramolecular Hbond substituents is 1. The molecule has 0 bridgehead atoms. The lowest BCUT2D eigenvalue weighted by molar-refractivity contribution is -0.134. The molecule has 0 aromatic heterocycles. The number of phenols is 1. The highest BCUT2D eigenvalue weighted by Gasteiger charge is 2.30. The van der Waals surface area contributed by atoms with Crippen molar-refractivity contribution in [3.8, 4) is 5.75 Å². The van der Waals surface area contributed by atoms with Crippen molar-refractivity contribution in [1.29, 1.82) is 0 Å². The zero-order valence-electron chi connectivity index (χ0n) is 17.9. The van der Waals surface area contributed by atoms with E-state index in [2.05, 4.69) is 41.3 Å². The summed E-state index contributed by atoms with van der Waals surface area (Å²) in [5, 5.41) is 10.2. The van der Waals surface area contributed by atoms with Crippen LogP contribution in [0.15, 0.2) is 78.9 Å². The molecule has 0 spiro atoms. The standard InChI is InChI=1S/C26H28ClN3O2/c27-22-10-8-21(9-11-22)25(20-4-2-1-3-5-20)29-14-16-30(17-15-29)26(32)24(28)18-19-6-12-23(31)13-7-19/h1-13,24-25,31H,14-18,28H2. The molecule has 2 atom stereocenters. The zero-order chi connectivity index (χ0) is 22.5. The van der Waals surface area contributed by atoms with Crippen molar-refractivity contribution in [2.75, 3.05) is 26.2 Å². The molecule has 0 aliphatic carbocycles. The van der Waals surface area contributed by atoms with Crippen LogP contribution in [-0.2, 0) is 11.2 Å². The maximum Gasteiger partial charge on any atom is 0.239 e. The van der Waals surface area contributed by atoms with Crippen molar-refractivity contribution in [2.45, 2.75) is 18.5 Å². The van der Waals surface area contributed by atoms with Crippen LogP contribution in [-0.4, -0.2) is 53.0 Å². The number of halogens is 1. The van der Waals surface area contributed by atoms with Crippen LogP contribution >= 0.6 is 11.6 Å². The Hall–Kier alpha value is -2.86. The molecule has 1 saturated heterocycles. The van der Waals surface area contributed by atoms with Gasteiger partial charge in [-0.2, -0.15) is 0 Å². The molecule has 4 rings (SSSR count). The summed E-state index contributed by atoms with van der Waals surface area (Å²) in [6.07, 6.45) is 0.455. The molecule has 1 fully saturated rings. The molecule has 2 unspecified atom stereocenters. The van der Waals surface area contributed by atoms with Crippen molar-refractivity contribution < 1.29 is 9.90 Å². The summed E-state index contributed by atoms with van der Waals surface area (Å²) in [7, 11) is 0. The summed E-state index contributed by atoms with van der Waals surface area (Å²) in [4.78, 5) is 17.2. The first kappa shape index (κ1) is 22.3. The largest absolute Gasteiger partial charge is 0.508 e. The SMILES string of the molecule is NC(Cc1ccc(O)cc1)C(=O)N1CCN(C(c2ccccc2)c2ccc(Cl)cc2)CC1. The maximum absolute atomic E-state index is 12.9. The third-order valence-electron chi connectivity index (χ3n) is 6.00. The van der Waals surface area contributed by atoms with Crippen molar-refractivity contribution >= 4 is 17.5 Å². The predicted octanol–water partition coefficient (Wildman–Crippen LogP) is 3.85. The Morgan fingerprint density at radius 1 is 0.875 bits per heavy atom. The molecule has 0 saturated carbocycles. The lowest BCUT2D eigenvalue weighted by atomic mass is 9.96. The molecular formula is C26H28ClN3O2. The van der Waals surface area contributed by atoms with Crippen LogP contribution in [0.3, 0.4) is 0 Å². The number of benzene rings is 3. The van der Waals surface area contributed by atoms with Gasteiger partial charge in [0.25, 0.3) is 0 Å². The second-order valence-electron chi connectivity index (χ2n) is 8.20. The fraction of sp³-hybridized carbons (Fsp3) is 0.269. The van der Waals surface area contributed by atoms with Crippen LogP contribution < -0.4 is 5.73 Å². The van der Waals surface area contributed by atoms with E-state index in [4.69, 9.17) is 17.3 Å². The van der Waals surface area contributed by atoms with Crippen LogP contribution in [0.25, 0.3) is 0 Å². The van der Waals surface area contributed by atoms with Gasteiger partial charge in [0.15, 0.2) is 0 Å². The fourth-order valence-corrected chi connectivity index (χ4v) is 4.43. The average molecular weight is 450 g/mol. The monoisotopic (exact) mass is 449 g/mol. The molecule has 1 aliphatic rings. The van der Waals surface area contributed by atoms with Crippen molar-refractivity contribution in [2.24, 2.45) is 5.73 Å². The van der Waals surface area contributed by atoms with E-state index in [1.807, 2.05) is 23.1 Å². The number of piperazine rings is 1. The van der Waals surface area contributed by atoms with Crippen LogP contribution in [0.2, 0.25) is 5.02 Å². The van der Waals surface area contributed by atoms with Gasteiger partial charge < -0.3 is 15.7 Å². The van der Waals surface area contributed by atoms with Crippen LogP contribution in [0.5, 0.6) is 5.75 Å². The first-order valence-corrected chi connectivity index (χ1v) is 11.3. The molecule has 1 amide bonds. The highest BCUT2D eigenvalue weighted by molar-refractivity contribution is 6.30. The molecule has 0 radical (unpaired) electrons.